The molecule has 0 aromatic carbocycles. The number of nitrogens with zero attached hydrogens (tertiary/aromatic N) is 1. The summed E-state index contributed by atoms with van der Waals surface area (Å²) in [6.07, 6.45) is 3.06. The van der Waals surface area contributed by atoms with Gasteiger partial charge in [0.15, 0.2) is 6.73 Å². The third-order valence-electron chi connectivity index (χ3n) is 1.03. The lowest BCUT2D eigenvalue weighted by molar-refractivity contribution is 0.167. The Labute approximate surface area is 53.1 Å². The highest BCUT2D eigenvalue weighted by atomic mass is 16.5. The minimum absolute atomic E-state index is 0.149. The average Bonchev–Trinajstić information content (AvgIpc) is 2.37. The largest absolute Gasteiger partial charge is 0.479 e. The first-order valence-electron chi connectivity index (χ1n) is 2.61. The molecular formula is C5H8N2O2. The molecule has 1 rings (SSSR count). The van der Waals surface area contributed by atoms with E-state index in [0.29, 0.717) is 6.73 Å². The number of hydrogen-bond acceptors (Lipinski definition) is 2. The van der Waals surface area contributed by atoms with Crippen LogP contribution in [0.4, 0.5) is 4.79 Å². The van der Waals surface area contributed by atoms with Crippen LogP contribution < -0.4 is 5.32 Å². The van der Waals surface area contributed by atoms with E-state index < -0.39 is 0 Å². The van der Waals surface area contributed by atoms with Crippen LogP contribution in [-0.2, 0) is 4.74 Å². The summed E-state index contributed by atoms with van der Waals surface area (Å²) in [5.74, 6) is 0. The first-order valence-corrected chi connectivity index (χ1v) is 2.61. The SMILES string of the molecule is CNC(=O)N1C=COC1. The Balaban J connectivity index is 2.43. The van der Waals surface area contributed by atoms with Crippen molar-refractivity contribution < 1.29 is 9.53 Å². The second kappa shape index (κ2) is 2.39. The molecule has 1 heterocycles. The maximum Gasteiger partial charge on any atom is 0.323 e. The van der Waals surface area contributed by atoms with Crippen LogP contribution in [0, 0.1) is 0 Å². The van der Waals surface area contributed by atoms with E-state index in [1.165, 1.54) is 11.2 Å². The number of urea groups is 1. The van der Waals surface area contributed by atoms with Crippen molar-refractivity contribution in [3.05, 3.63) is 12.5 Å². The predicted molar refractivity (Wildman–Crippen MR) is 31.4 cm³/mol. The number of rotatable bonds is 0. The van der Waals surface area contributed by atoms with E-state index in [1.807, 2.05) is 0 Å². The minimum Gasteiger partial charge on any atom is -0.479 e. The molecule has 4 heteroatoms. The van der Waals surface area contributed by atoms with Gasteiger partial charge in [-0.3, -0.25) is 4.90 Å². The molecule has 0 aromatic rings. The molecule has 2 amide bonds. The third-order valence-corrected chi connectivity index (χ3v) is 1.03. The molecule has 1 N–H and O–H groups in total. The van der Waals surface area contributed by atoms with E-state index in [4.69, 9.17) is 4.74 Å². The maximum atomic E-state index is 10.7. The number of amides is 2. The Bertz CT molecular complexity index is 144. The highest BCUT2D eigenvalue weighted by molar-refractivity contribution is 5.74. The smallest absolute Gasteiger partial charge is 0.323 e. The zero-order valence-corrected chi connectivity index (χ0v) is 5.13. The summed E-state index contributed by atoms with van der Waals surface area (Å²) in [5.41, 5.74) is 0. The van der Waals surface area contributed by atoms with Crippen LogP contribution in [0.2, 0.25) is 0 Å². The Morgan fingerprint density at radius 2 is 2.67 bits per heavy atom. The third kappa shape index (κ3) is 1.13. The van der Waals surface area contributed by atoms with E-state index in [0.717, 1.165) is 0 Å². The fraction of sp³-hybridized carbons (Fsp3) is 0.400. The Hall–Kier alpha value is -1.19. The normalized spacial score (nSPS) is 15.4. The molecule has 0 unspecified atom stereocenters. The first kappa shape index (κ1) is 5.94. The summed E-state index contributed by atoms with van der Waals surface area (Å²) in [5, 5.41) is 2.46. The highest BCUT2D eigenvalue weighted by Crippen LogP contribution is 1.99. The number of hydrogen-bond donors (Lipinski definition) is 1. The Morgan fingerprint density at radius 1 is 1.89 bits per heavy atom. The molecule has 0 fully saturated rings. The Morgan fingerprint density at radius 3 is 3.11 bits per heavy atom. The fourth-order valence-electron chi connectivity index (χ4n) is 0.553. The van der Waals surface area contributed by atoms with Gasteiger partial charge in [0, 0.05) is 13.2 Å². The summed E-state index contributed by atoms with van der Waals surface area (Å²) in [6, 6.07) is -0.149. The molecule has 1 aliphatic rings. The van der Waals surface area contributed by atoms with Gasteiger partial charge < -0.3 is 10.1 Å². The lowest BCUT2D eigenvalue weighted by atomic mass is 10.7. The van der Waals surface area contributed by atoms with E-state index in [2.05, 4.69) is 5.32 Å². The molecule has 0 saturated heterocycles. The monoisotopic (exact) mass is 128 g/mol. The summed E-state index contributed by atoms with van der Waals surface area (Å²) in [4.78, 5) is 12.1. The van der Waals surface area contributed by atoms with Gasteiger partial charge in [-0.2, -0.15) is 0 Å². The van der Waals surface area contributed by atoms with E-state index in [1.54, 1.807) is 13.2 Å². The van der Waals surface area contributed by atoms with E-state index >= 15 is 0 Å². The second-order valence-corrected chi connectivity index (χ2v) is 1.61. The first-order chi connectivity index (χ1) is 4.34. The molecule has 0 radical (unpaired) electrons. The van der Waals surface area contributed by atoms with Crippen molar-refractivity contribution in [3.8, 4) is 0 Å². The molecule has 50 valence electrons. The zero-order chi connectivity index (χ0) is 6.69. The van der Waals surface area contributed by atoms with Crippen LogP contribution in [0.25, 0.3) is 0 Å². The lowest BCUT2D eigenvalue weighted by Crippen LogP contribution is -2.32. The van der Waals surface area contributed by atoms with Crippen molar-refractivity contribution in [2.24, 2.45) is 0 Å². The average molecular weight is 128 g/mol. The van der Waals surface area contributed by atoms with Gasteiger partial charge in [-0.25, -0.2) is 4.79 Å². The van der Waals surface area contributed by atoms with E-state index in [-0.39, 0.29) is 6.03 Å². The zero-order valence-electron chi connectivity index (χ0n) is 5.13. The second-order valence-electron chi connectivity index (χ2n) is 1.61. The predicted octanol–water partition coefficient (Wildman–Crippen LogP) is 0.0867. The minimum atomic E-state index is -0.149. The van der Waals surface area contributed by atoms with Crippen molar-refractivity contribution in [1.29, 1.82) is 0 Å². The van der Waals surface area contributed by atoms with E-state index in [9.17, 15) is 4.79 Å². The van der Waals surface area contributed by atoms with Crippen LogP contribution in [0.5, 0.6) is 0 Å². The molecule has 0 saturated carbocycles. The molecule has 9 heavy (non-hydrogen) atoms. The van der Waals surface area contributed by atoms with Gasteiger partial charge in [0.25, 0.3) is 0 Å². The van der Waals surface area contributed by atoms with Crippen LogP contribution >= 0.6 is 0 Å². The van der Waals surface area contributed by atoms with Crippen LogP contribution in [0.1, 0.15) is 0 Å². The van der Waals surface area contributed by atoms with Crippen molar-refractivity contribution in [2.75, 3.05) is 13.8 Å². The van der Waals surface area contributed by atoms with Gasteiger partial charge in [0.05, 0.1) is 0 Å². The number of ether oxygens (including phenoxy) is 1. The van der Waals surface area contributed by atoms with Crippen molar-refractivity contribution in [2.45, 2.75) is 0 Å². The molecular weight excluding hydrogens is 120 g/mol. The molecule has 0 aliphatic carbocycles. The topological polar surface area (TPSA) is 41.6 Å². The van der Waals surface area contributed by atoms with Gasteiger partial charge in [0.2, 0.25) is 0 Å². The quantitative estimate of drug-likeness (QED) is 0.502. The summed E-state index contributed by atoms with van der Waals surface area (Å²) >= 11 is 0. The van der Waals surface area contributed by atoms with Crippen LogP contribution in [-0.4, -0.2) is 24.7 Å². The summed E-state index contributed by atoms with van der Waals surface area (Å²) in [7, 11) is 1.58. The molecule has 0 bridgehead atoms. The number of carbonyl (C=O) groups excluding carboxylic acids is 1. The van der Waals surface area contributed by atoms with Crippen molar-refractivity contribution >= 4 is 6.03 Å². The molecule has 1 aliphatic heterocycles. The summed E-state index contributed by atoms with van der Waals surface area (Å²) < 4.78 is 4.76. The van der Waals surface area contributed by atoms with Crippen LogP contribution in [0.3, 0.4) is 0 Å². The standard InChI is InChI=1S/C5H8N2O2/c1-6-5(8)7-2-3-9-4-7/h2-3H,4H2,1H3,(H,6,8). The summed E-state index contributed by atoms with van der Waals surface area (Å²) in [6.45, 7) is 0.319. The molecule has 0 aromatic heterocycles. The van der Waals surface area contributed by atoms with Crippen molar-refractivity contribution in [1.82, 2.24) is 10.2 Å². The fourth-order valence-corrected chi connectivity index (χ4v) is 0.553. The van der Waals surface area contributed by atoms with Gasteiger partial charge in [-0.05, 0) is 0 Å². The van der Waals surface area contributed by atoms with Crippen LogP contribution in [0.15, 0.2) is 12.5 Å². The van der Waals surface area contributed by atoms with Gasteiger partial charge in [-0.15, -0.1) is 0 Å². The lowest BCUT2D eigenvalue weighted by Gasteiger charge is -2.09. The van der Waals surface area contributed by atoms with Crippen molar-refractivity contribution in [3.63, 3.8) is 0 Å². The molecule has 4 nitrogen and oxygen atoms in total. The van der Waals surface area contributed by atoms with Gasteiger partial charge >= 0.3 is 6.03 Å². The van der Waals surface area contributed by atoms with Gasteiger partial charge in [-0.1, -0.05) is 0 Å². The molecule has 0 atom stereocenters. The maximum absolute atomic E-state index is 10.7. The Kier molecular flexibility index (Phi) is 1.58. The number of carbonyl (C=O) groups is 1. The molecule has 0 spiro atoms. The van der Waals surface area contributed by atoms with Gasteiger partial charge in [0.1, 0.15) is 6.26 Å². The highest BCUT2D eigenvalue weighted by Gasteiger charge is 2.10. The number of nitrogens with one attached hydrogen (secondary N) is 1.